The van der Waals surface area contributed by atoms with Crippen LogP contribution in [-0.2, 0) is 7.05 Å². The summed E-state index contributed by atoms with van der Waals surface area (Å²) in [4.78, 5) is 8.65. The number of hydrogen-bond acceptors (Lipinski definition) is 5. The van der Waals surface area contributed by atoms with Gasteiger partial charge in [-0.1, -0.05) is 6.92 Å². The van der Waals surface area contributed by atoms with E-state index in [0.717, 1.165) is 40.1 Å². The van der Waals surface area contributed by atoms with E-state index in [-0.39, 0.29) is 0 Å². The van der Waals surface area contributed by atoms with Gasteiger partial charge in [0.25, 0.3) is 0 Å². The third-order valence-corrected chi connectivity index (χ3v) is 3.94. The van der Waals surface area contributed by atoms with Crippen LogP contribution in [0.3, 0.4) is 0 Å². The second-order valence-electron chi connectivity index (χ2n) is 4.43. The van der Waals surface area contributed by atoms with Crippen molar-refractivity contribution in [1.82, 2.24) is 19.7 Å². The Bertz CT molecular complexity index is 564. The van der Waals surface area contributed by atoms with Crippen LogP contribution in [0.25, 0.3) is 0 Å². The summed E-state index contributed by atoms with van der Waals surface area (Å²) in [6.07, 6.45) is 2.68. The van der Waals surface area contributed by atoms with E-state index >= 15 is 0 Å². The number of nitrogens with one attached hydrogen (secondary N) is 1. The van der Waals surface area contributed by atoms with E-state index in [1.165, 1.54) is 0 Å². The molecule has 102 valence electrons. The predicted molar refractivity (Wildman–Crippen MR) is 77.6 cm³/mol. The molecular formula is C13H19N5S. The Morgan fingerprint density at radius 2 is 2.11 bits per heavy atom. The Balaban J connectivity index is 2.23. The van der Waals surface area contributed by atoms with Gasteiger partial charge < -0.3 is 5.32 Å². The van der Waals surface area contributed by atoms with Crippen molar-refractivity contribution in [2.45, 2.75) is 37.2 Å². The second-order valence-corrected chi connectivity index (χ2v) is 5.44. The molecule has 2 aromatic rings. The standard InChI is InChI=1S/C13H19N5S/c1-5-6-14-12-10(3)13(16-8-15-12)19-11-7-9(2)17-18(11)4/h7-8H,5-6H2,1-4H3,(H,14,15,16). The highest BCUT2D eigenvalue weighted by Crippen LogP contribution is 2.30. The lowest BCUT2D eigenvalue weighted by molar-refractivity contribution is 0.692. The molecule has 0 fully saturated rings. The first-order valence-electron chi connectivity index (χ1n) is 6.35. The smallest absolute Gasteiger partial charge is 0.133 e. The van der Waals surface area contributed by atoms with Gasteiger partial charge in [-0.05, 0) is 38.1 Å². The number of rotatable bonds is 5. The maximum atomic E-state index is 4.36. The first kappa shape index (κ1) is 13.9. The normalized spacial score (nSPS) is 10.7. The Hall–Kier alpha value is -1.56. The Labute approximate surface area is 117 Å². The van der Waals surface area contributed by atoms with E-state index in [0.29, 0.717) is 0 Å². The minimum atomic E-state index is 0.915. The monoisotopic (exact) mass is 277 g/mol. The third-order valence-electron chi connectivity index (χ3n) is 2.74. The van der Waals surface area contributed by atoms with Crippen molar-refractivity contribution in [3.8, 4) is 0 Å². The molecule has 6 heteroatoms. The van der Waals surface area contributed by atoms with E-state index in [9.17, 15) is 0 Å². The summed E-state index contributed by atoms with van der Waals surface area (Å²) < 4.78 is 1.88. The van der Waals surface area contributed by atoms with E-state index in [1.807, 2.05) is 25.6 Å². The van der Waals surface area contributed by atoms with Crippen molar-refractivity contribution >= 4 is 17.6 Å². The summed E-state index contributed by atoms with van der Waals surface area (Å²) in [5, 5.41) is 9.72. The fourth-order valence-corrected chi connectivity index (χ4v) is 2.69. The van der Waals surface area contributed by atoms with Crippen LogP contribution < -0.4 is 5.32 Å². The van der Waals surface area contributed by atoms with Gasteiger partial charge in [-0.25, -0.2) is 9.97 Å². The average Bonchev–Trinajstić information content (AvgIpc) is 2.69. The lowest BCUT2D eigenvalue weighted by Crippen LogP contribution is -2.05. The molecule has 19 heavy (non-hydrogen) atoms. The summed E-state index contributed by atoms with van der Waals surface area (Å²) in [6.45, 7) is 7.10. The zero-order chi connectivity index (χ0) is 13.8. The molecule has 0 radical (unpaired) electrons. The molecule has 0 aliphatic heterocycles. The number of aromatic nitrogens is 4. The summed E-state index contributed by atoms with van der Waals surface area (Å²) in [6, 6.07) is 2.06. The molecule has 2 heterocycles. The Morgan fingerprint density at radius 1 is 1.32 bits per heavy atom. The molecule has 0 spiro atoms. The highest BCUT2D eigenvalue weighted by molar-refractivity contribution is 7.99. The summed E-state index contributed by atoms with van der Waals surface area (Å²) in [5.74, 6) is 0.915. The predicted octanol–water partition coefficient (Wildman–Crippen LogP) is 2.80. The van der Waals surface area contributed by atoms with Crippen LogP contribution in [0.5, 0.6) is 0 Å². The van der Waals surface area contributed by atoms with Gasteiger partial charge in [0, 0.05) is 19.2 Å². The summed E-state index contributed by atoms with van der Waals surface area (Å²) >= 11 is 1.62. The number of aryl methyl sites for hydroxylation is 2. The molecule has 0 saturated heterocycles. The van der Waals surface area contributed by atoms with E-state index in [2.05, 4.69) is 33.4 Å². The number of nitrogens with zero attached hydrogens (tertiary/aromatic N) is 4. The van der Waals surface area contributed by atoms with Crippen molar-refractivity contribution in [3.63, 3.8) is 0 Å². The molecule has 0 bridgehead atoms. The zero-order valence-electron chi connectivity index (χ0n) is 11.8. The molecular weight excluding hydrogens is 258 g/mol. The van der Waals surface area contributed by atoms with Crippen molar-refractivity contribution < 1.29 is 0 Å². The SMILES string of the molecule is CCCNc1ncnc(Sc2cc(C)nn2C)c1C. The van der Waals surface area contributed by atoms with Crippen LogP contribution >= 0.6 is 11.8 Å². The molecule has 0 aromatic carbocycles. The van der Waals surface area contributed by atoms with Gasteiger partial charge in [0.15, 0.2) is 0 Å². The second kappa shape index (κ2) is 6.06. The molecule has 2 rings (SSSR count). The minimum absolute atomic E-state index is 0.915. The van der Waals surface area contributed by atoms with Gasteiger partial charge in [0.1, 0.15) is 22.2 Å². The average molecular weight is 277 g/mol. The van der Waals surface area contributed by atoms with E-state index in [4.69, 9.17) is 0 Å². The van der Waals surface area contributed by atoms with Gasteiger partial charge in [-0.2, -0.15) is 5.10 Å². The van der Waals surface area contributed by atoms with Crippen molar-refractivity contribution in [2.75, 3.05) is 11.9 Å². The van der Waals surface area contributed by atoms with Crippen LogP contribution in [0, 0.1) is 13.8 Å². The van der Waals surface area contributed by atoms with Crippen LogP contribution in [0.4, 0.5) is 5.82 Å². The first-order valence-corrected chi connectivity index (χ1v) is 7.17. The molecule has 0 atom stereocenters. The van der Waals surface area contributed by atoms with E-state index in [1.54, 1.807) is 18.1 Å². The lowest BCUT2D eigenvalue weighted by Gasteiger charge is -2.10. The molecule has 0 unspecified atom stereocenters. The molecule has 0 saturated carbocycles. The van der Waals surface area contributed by atoms with Gasteiger partial charge in [0.05, 0.1) is 5.69 Å². The topological polar surface area (TPSA) is 55.6 Å². The molecule has 0 aliphatic carbocycles. The largest absolute Gasteiger partial charge is 0.370 e. The number of hydrogen-bond donors (Lipinski definition) is 1. The fourth-order valence-electron chi connectivity index (χ4n) is 1.74. The maximum Gasteiger partial charge on any atom is 0.133 e. The summed E-state index contributed by atoms with van der Waals surface area (Å²) in [5.41, 5.74) is 2.10. The quantitative estimate of drug-likeness (QED) is 0.852. The van der Waals surface area contributed by atoms with Crippen molar-refractivity contribution in [1.29, 1.82) is 0 Å². The van der Waals surface area contributed by atoms with Crippen LogP contribution in [-0.4, -0.2) is 26.3 Å². The minimum Gasteiger partial charge on any atom is -0.370 e. The highest BCUT2D eigenvalue weighted by Gasteiger charge is 2.11. The van der Waals surface area contributed by atoms with Crippen LogP contribution in [0.2, 0.25) is 0 Å². The molecule has 2 aromatic heterocycles. The van der Waals surface area contributed by atoms with Crippen molar-refractivity contribution in [2.24, 2.45) is 7.05 Å². The Morgan fingerprint density at radius 3 is 2.74 bits per heavy atom. The van der Waals surface area contributed by atoms with Gasteiger partial charge in [-0.3, -0.25) is 4.68 Å². The van der Waals surface area contributed by atoms with Crippen LogP contribution in [0.15, 0.2) is 22.4 Å². The number of anilines is 1. The third kappa shape index (κ3) is 3.26. The van der Waals surface area contributed by atoms with Gasteiger partial charge >= 0.3 is 0 Å². The first-order chi connectivity index (χ1) is 9.11. The maximum absolute atomic E-state index is 4.36. The van der Waals surface area contributed by atoms with Gasteiger partial charge in [-0.15, -0.1) is 0 Å². The summed E-state index contributed by atoms with van der Waals surface area (Å²) in [7, 11) is 1.95. The van der Waals surface area contributed by atoms with E-state index < -0.39 is 0 Å². The molecule has 0 aliphatic rings. The molecule has 1 N–H and O–H groups in total. The molecule has 5 nitrogen and oxygen atoms in total. The van der Waals surface area contributed by atoms with Gasteiger partial charge in [0.2, 0.25) is 0 Å². The zero-order valence-corrected chi connectivity index (χ0v) is 12.6. The highest BCUT2D eigenvalue weighted by atomic mass is 32.2. The van der Waals surface area contributed by atoms with Crippen molar-refractivity contribution in [3.05, 3.63) is 23.7 Å². The lowest BCUT2D eigenvalue weighted by atomic mass is 10.3. The molecule has 0 amide bonds. The fraction of sp³-hybridized carbons (Fsp3) is 0.462. The Kier molecular flexibility index (Phi) is 4.42. The van der Waals surface area contributed by atoms with Crippen LogP contribution in [0.1, 0.15) is 24.6 Å².